The highest BCUT2D eigenvalue weighted by molar-refractivity contribution is 5.38. The minimum atomic E-state index is -0.769. The van der Waals surface area contributed by atoms with Gasteiger partial charge in [-0.25, -0.2) is 0 Å². The molecule has 0 radical (unpaired) electrons. The third-order valence-corrected chi connectivity index (χ3v) is 6.66. The van der Waals surface area contributed by atoms with Crippen LogP contribution in [0.25, 0.3) is 0 Å². The highest BCUT2D eigenvalue weighted by Crippen LogP contribution is 2.38. The molecule has 0 amide bonds. The van der Waals surface area contributed by atoms with Crippen LogP contribution in [0.3, 0.4) is 0 Å². The van der Waals surface area contributed by atoms with Crippen LogP contribution in [0.15, 0.2) is 54.6 Å². The highest BCUT2D eigenvalue weighted by atomic mass is 16.5. The van der Waals surface area contributed by atoms with E-state index in [4.69, 9.17) is 4.74 Å². The van der Waals surface area contributed by atoms with Gasteiger partial charge in [-0.1, -0.05) is 48.5 Å². The van der Waals surface area contributed by atoms with Crippen molar-refractivity contribution in [2.45, 2.75) is 37.8 Å². The lowest BCUT2D eigenvalue weighted by molar-refractivity contribution is -0.0326. The molecule has 2 aromatic rings. The average Bonchev–Trinajstić information content (AvgIpc) is 2.76. The van der Waals surface area contributed by atoms with E-state index < -0.39 is 5.60 Å². The van der Waals surface area contributed by atoms with Crippen LogP contribution in [-0.4, -0.2) is 54.7 Å². The minimum Gasteiger partial charge on any atom is -0.496 e. The maximum atomic E-state index is 11.3. The van der Waals surface area contributed by atoms with Crippen molar-refractivity contribution in [1.82, 2.24) is 9.80 Å². The fourth-order valence-corrected chi connectivity index (χ4v) is 5.05. The summed E-state index contributed by atoms with van der Waals surface area (Å²) in [5, 5.41) is 11.3. The number of hydrogen-bond acceptors (Lipinski definition) is 4. The number of rotatable bonds is 6. The van der Waals surface area contributed by atoms with E-state index >= 15 is 0 Å². The third kappa shape index (κ3) is 5.00. The van der Waals surface area contributed by atoms with Crippen LogP contribution >= 0.6 is 0 Å². The Morgan fingerprint density at radius 2 is 1.69 bits per heavy atom. The summed E-state index contributed by atoms with van der Waals surface area (Å²) in [7, 11) is 1.68. The van der Waals surface area contributed by atoms with Crippen molar-refractivity contribution in [3.05, 3.63) is 65.7 Å². The lowest BCUT2D eigenvalue weighted by Gasteiger charge is -2.41. The van der Waals surface area contributed by atoms with E-state index in [-0.39, 0.29) is 0 Å². The van der Waals surface area contributed by atoms with Gasteiger partial charge in [-0.15, -0.1) is 0 Å². The highest BCUT2D eigenvalue weighted by Gasteiger charge is 2.36. The smallest absolute Gasteiger partial charge is 0.124 e. The van der Waals surface area contributed by atoms with Crippen molar-refractivity contribution in [3.8, 4) is 5.75 Å². The predicted octanol–water partition coefficient (Wildman–Crippen LogP) is 3.89. The van der Waals surface area contributed by atoms with Crippen molar-refractivity contribution in [3.63, 3.8) is 0 Å². The second-order valence-corrected chi connectivity index (χ2v) is 8.76. The minimum absolute atomic E-state index is 0.727. The first-order valence-corrected chi connectivity index (χ1v) is 11.0. The summed E-state index contributed by atoms with van der Waals surface area (Å²) < 4.78 is 5.49. The topological polar surface area (TPSA) is 35.9 Å². The predicted molar refractivity (Wildman–Crippen MR) is 117 cm³/mol. The molecule has 4 heteroatoms. The lowest BCUT2D eigenvalue weighted by atomic mass is 9.83. The Balaban J connectivity index is 1.30. The van der Waals surface area contributed by atoms with E-state index in [1.807, 2.05) is 24.3 Å². The summed E-state index contributed by atoms with van der Waals surface area (Å²) in [5.41, 5.74) is 1.58. The number of para-hydroxylation sites is 1. The molecule has 2 saturated heterocycles. The summed E-state index contributed by atoms with van der Waals surface area (Å²) in [6.45, 7) is 6.49. The summed E-state index contributed by atoms with van der Waals surface area (Å²) in [6, 6.07) is 18.7. The van der Waals surface area contributed by atoms with Crippen molar-refractivity contribution >= 4 is 0 Å². The van der Waals surface area contributed by atoms with E-state index in [0.29, 0.717) is 0 Å². The molecule has 2 fully saturated rings. The Bertz CT molecular complexity index is 771. The molecule has 0 unspecified atom stereocenters. The molecular weight excluding hydrogens is 360 g/mol. The number of nitrogens with zero attached hydrogens (tertiary/aromatic N) is 2. The molecule has 29 heavy (non-hydrogen) atoms. The monoisotopic (exact) mass is 394 g/mol. The number of benzene rings is 2. The second kappa shape index (κ2) is 9.29. The number of methoxy groups -OCH3 is 1. The van der Waals surface area contributed by atoms with E-state index in [0.717, 1.165) is 56.3 Å². The van der Waals surface area contributed by atoms with Crippen molar-refractivity contribution < 1.29 is 9.84 Å². The molecule has 0 bridgehead atoms. The molecule has 0 aromatic heterocycles. The van der Waals surface area contributed by atoms with Crippen molar-refractivity contribution in [1.29, 1.82) is 0 Å². The fourth-order valence-electron chi connectivity index (χ4n) is 5.05. The van der Waals surface area contributed by atoms with Crippen LogP contribution < -0.4 is 4.74 Å². The summed E-state index contributed by atoms with van der Waals surface area (Å²) >= 11 is 0. The Kier molecular flexibility index (Phi) is 6.53. The molecule has 1 atom stereocenters. The average molecular weight is 395 g/mol. The van der Waals surface area contributed by atoms with Crippen LogP contribution in [0.2, 0.25) is 0 Å². The van der Waals surface area contributed by atoms with Crippen LogP contribution in [0.1, 0.15) is 36.8 Å². The van der Waals surface area contributed by atoms with Crippen LogP contribution in [0.5, 0.6) is 5.75 Å². The number of hydrogen-bond donors (Lipinski definition) is 1. The SMILES string of the molecule is COc1ccccc1C1(O)CCN(C[C@H]2CCCN(Cc3ccccc3)C2)CC1. The third-order valence-electron chi connectivity index (χ3n) is 6.66. The lowest BCUT2D eigenvalue weighted by Crippen LogP contribution is -2.46. The molecule has 2 aliphatic rings. The van der Waals surface area contributed by atoms with E-state index in [1.165, 1.54) is 31.5 Å². The van der Waals surface area contributed by atoms with Gasteiger partial charge in [0.05, 0.1) is 12.7 Å². The number of ether oxygens (including phenoxy) is 1. The summed E-state index contributed by atoms with van der Waals surface area (Å²) in [6.07, 6.45) is 4.15. The van der Waals surface area contributed by atoms with E-state index in [2.05, 4.69) is 40.1 Å². The molecule has 0 spiro atoms. The van der Waals surface area contributed by atoms with Crippen LogP contribution in [0, 0.1) is 5.92 Å². The quantitative estimate of drug-likeness (QED) is 0.806. The Morgan fingerprint density at radius 1 is 0.966 bits per heavy atom. The molecule has 4 rings (SSSR count). The summed E-state index contributed by atoms with van der Waals surface area (Å²) in [4.78, 5) is 5.17. The molecule has 2 heterocycles. The molecule has 1 N–H and O–H groups in total. The first kappa shape index (κ1) is 20.4. The molecule has 4 nitrogen and oxygen atoms in total. The number of piperidine rings is 2. The molecule has 2 aliphatic heterocycles. The zero-order valence-corrected chi connectivity index (χ0v) is 17.6. The first-order chi connectivity index (χ1) is 14.2. The van der Waals surface area contributed by atoms with Gasteiger partial charge in [0.25, 0.3) is 0 Å². The van der Waals surface area contributed by atoms with Gasteiger partial charge in [0.1, 0.15) is 5.75 Å². The maximum Gasteiger partial charge on any atom is 0.124 e. The van der Waals surface area contributed by atoms with Crippen molar-refractivity contribution in [2.24, 2.45) is 5.92 Å². The first-order valence-electron chi connectivity index (χ1n) is 11.0. The normalized spacial score (nSPS) is 23.0. The number of aliphatic hydroxyl groups is 1. The largest absolute Gasteiger partial charge is 0.496 e. The Labute approximate surface area is 175 Å². The maximum absolute atomic E-state index is 11.3. The second-order valence-electron chi connectivity index (χ2n) is 8.76. The van der Waals surface area contributed by atoms with E-state index in [9.17, 15) is 5.11 Å². The number of likely N-dealkylation sites (tertiary alicyclic amines) is 2. The molecule has 0 saturated carbocycles. The molecule has 2 aromatic carbocycles. The van der Waals surface area contributed by atoms with Gasteiger partial charge in [0.15, 0.2) is 0 Å². The van der Waals surface area contributed by atoms with Gasteiger partial charge in [-0.3, -0.25) is 4.90 Å². The van der Waals surface area contributed by atoms with Gasteiger partial charge >= 0.3 is 0 Å². The van der Waals surface area contributed by atoms with E-state index in [1.54, 1.807) is 7.11 Å². The van der Waals surface area contributed by atoms with Gasteiger partial charge < -0.3 is 14.7 Å². The zero-order chi connectivity index (χ0) is 20.1. The zero-order valence-electron chi connectivity index (χ0n) is 17.6. The van der Waals surface area contributed by atoms with Crippen LogP contribution in [-0.2, 0) is 12.1 Å². The fraction of sp³-hybridized carbons (Fsp3) is 0.520. The van der Waals surface area contributed by atoms with Gasteiger partial charge in [0.2, 0.25) is 0 Å². The van der Waals surface area contributed by atoms with Gasteiger partial charge in [-0.05, 0) is 49.8 Å². The Hall–Kier alpha value is -1.88. The van der Waals surface area contributed by atoms with Crippen molar-refractivity contribution in [2.75, 3.05) is 39.8 Å². The van der Waals surface area contributed by atoms with Gasteiger partial charge in [-0.2, -0.15) is 0 Å². The summed E-state index contributed by atoms with van der Waals surface area (Å²) in [5.74, 6) is 1.53. The van der Waals surface area contributed by atoms with Crippen LogP contribution in [0.4, 0.5) is 0 Å². The molecular formula is C25H34N2O2. The Morgan fingerprint density at radius 3 is 2.45 bits per heavy atom. The standard InChI is InChI=1S/C25H34N2O2/c1-29-24-12-6-5-11-23(24)25(28)13-16-26(17-14-25)19-22-10-7-15-27(20-22)18-21-8-3-2-4-9-21/h2-6,8-9,11-12,22,28H,7,10,13-20H2,1H3/t22-/m1/s1. The molecule has 0 aliphatic carbocycles. The molecule has 156 valence electrons. The van der Waals surface area contributed by atoms with Gasteiger partial charge in [0, 0.05) is 38.3 Å².